The third-order valence-electron chi connectivity index (χ3n) is 4.23. The van der Waals surface area contributed by atoms with Gasteiger partial charge in [-0.3, -0.25) is 0 Å². The topological polar surface area (TPSA) is 20.2 Å². The van der Waals surface area contributed by atoms with Crippen LogP contribution in [-0.4, -0.2) is 26.4 Å². The maximum absolute atomic E-state index is 9.22. The molecule has 2 heteroatoms. The Balaban J connectivity index is 2.92. The van der Waals surface area contributed by atoms with Gasteiger partial charge in [0.05, 0.1) is 0 Å². The molecular formula is C18H39AlO. The fraction of sp³-hybridized carbons (Fsp3) is 1.00. The standard InChI is InChI=1S/C18H37O.Al.2H/c1-2-3-4-5-6-7-8-9-10-11-12-13-14-15-16-17-18-19;;;/h18-19H,2-17H2,1H3;;;. The maximum Gasteiger partial charge on any atom is 0.258 e. The van der Waals surface area contributed by atoms with Crippen molar-refractivity contribution in [3.05, 3.63) is 0 Å². The van der Waals surface area contributed by atoms with Crippen LogP contribution in [0.1, 0.15) is 110 Å². The van der Waals surface area contributed by atoms with Gasteiger partial charge in [-0.05, 0) is 11.4 Å². The summed E-state index contributed by atoms with van der Waals surface area (Å²) in [7, 11) is 0. The molecule has 0 aliphatic heterocycles. The van der Waals surface area contributed by atoms with E-state index in [9.17, 15) is 5.11 Å². The Labute approximate surface area is 136 Å². The van der Waals surface area contributed by atoms with Crippen molar-refractivity contribution in [3.8, 4) is 0 Å². The lowest BCUT2D eigenvalue weighted by Crippen LogP contribution is -2.04. The van der Waals surface area contributed by atoms with Gasteiger partial charge < -0.3 is 5.11 Å². The molecule has 0 aromatic rings. The van der Waals surface area contributed by atoms with Gasteiger partial charge in [0.2, 0.25) is 0 Å². The van der Waals surface area contributed by atoms with Crippen LogP contribution in [0.5, 0.6) is 0 Å². The highest BCUT2D eigenvalue weighted by Gasteiger charge is 1.96. The van der Waals surface area contributed by atoms with E-state index in [1.165, 1.54) is 96.3 Å². The highest BCUT2D eigenvalue weighted by atomic mass is 27.0. The molecule has 1 nitrogen and oxygen atoms in total. The SMILES string of the molecule is CCCCCCCCCCCCCCCCC[CH](O)[AlH2]. The van der Waals surface area contributed by atoms with E-state index >= 15 is 0 Å². The summed E-state index contributed by atoms with van der Waals surface area (Å²) in [6, 6.07) is 0. The molecule has 0 aromatic heterocycles. The van der Waals surface area contributed by atoms with E-state index in [0.29, 0.717) is 0 Å². The first-order chi connectivity index (χ1) is 9.77. The Bertz CT molecular complexity index is 171. The Kier molecular flexibility index (Phi) is 18.0. The minimum absolute atomic E-state index is 0.0389. The summed E-state index contributed by atoms with van der Waals surface area (Å²) < 4.78 is 0. The van der Waals surface area contributed by atoms with Gasteiger partial charge in [-0.2, -0.15) is 0 Å². The van der Waals surface area contributed by atoms with E-state index in [-0.39, 0.29) is 4.97 Å². The first-order valence-electron chi connectivity index (χ1n) is 9.45. The maximum atomic E-state index is 9.22. The summed E-state index contributed by atoms with van der Waals surface area (Å²) in [6.07, 6.45) is 22.3. The van der Waals surface area contributed by atoms with Crippen molar-refractivity contribution < 1.29 is 5.11 Å². The molecule has 0 aliphatic rings. The molecule has 0 heterocycles. The average Bonchev–Trinajstić information content (AvgIpc) is 2.43. The summed E-state index contributed by atoms with van der Waals surface area (Å²) in [5.41, 5.74) is 0. The van der Waals surface area contributed by atoms with Crippen LogP contribution >= 0.6 is 0 Å². The summed E-state index contributed by atoms with van der Waals surface area (Å²) in [6.45, 7) is 2.29. The number of aliphatic hydroxyl groups excluding tert-OH is 1. The zero-order chi connectivity index (χ0) is 14.9. The molecule has 0 fully saturated rings. The molecule has 0 aromatic carbocycles. The molecular weight excluding hydrogens is 259 g/mol. The molecule has 0 spiro atoms. The molecule has 20 heavy (non-hydrogen) atoms. The van der Waals surface area contributed by atoms with Crippen LogP contribution in [0.25, 0.3) is 0 Å². The van der Waals surface area contributed by atoms with E-state index < -0.39 is 0 Å². The van der Waals surface area contributed by atoms with Gasteiger partial charge in [0.1, 0.15) is 0 Å². The molecule has 1 unspecified atom stereocenters. The van der Waals surface area contributed by atoms with Gasteiger partial charge in [0.25, 0.3) is 16.3 Å². The van der Waals surface area contributed by atoms with Crippen LogP contribution < -0.4 is 0 Å². The molecule has 0 rings (SSSR count). The zero-order valence-electron chi connectivity index (χ0n) is 14.3. The monoisotopic (exact) mass is 298 g/mol. The number of unbranched alkanes of at least 4 members (excludes halogenated alkanes) is 14. The molecule has 0 saturated carbocycles. The molecule has 1 N–H and O–H groups in total. The quantitative estimate of drug-likeness (QED) is 0.307. The lowest BCUT2D eigenvalue weighted by molar-refractivity contribution is 0.239. The van der Waals surface area contributed by atoms with E-state index in [2.05, 4.69) is 6.92 Å². The van der Waals surface area contributed by atoms with Gasteiger partial charge in [-0.1, -0.05) is 103 Å². The third kappa shape index (κ3) is 18.5. The van der Waals surface area contributed by atoms with Crippen LogP contribution in [0.3, 0.4) is 0 Å². The normalized spacial score (nSPS) is 12.7. The van der Waals surface area contributed by atoms with Gasteiger partial charge in [-0.25, -0.2) is 0 Å². The summed E-state index contributed by atoms with van der Waals surface area (Å²) >= 11 is 0.946. The Hall–Kier alpha value is 0.492. The summed E-state index contributed by atoms with van der Waals surface area (Å²) in [5.74, 6) is 0. The largest absolute Gasteiger partial charge is 0.409 e. The fourth-order valence-corrected chi connectivity index (χ4v) is 3.22. The summed E-state index contributed by atoms with van der Waals surface area (Å²) in [4.78, 5) is 0.0389. The van der Waals surface area contributed by atoms with Crippen molar-refractivity contribution in [2.45, 2.75) is 115 Å². The molecule has 1 atom stereocenters. The van der Waals surface area contributed by atoms with Crippen LogP contribution in [0.4, 0.5) is 0 Å². The zero-order valence-corrected chi connectivity index (χ0v) is 16.3. The predicted molar refractivity (Wildman–Crippen MR) is 94.1 cm³/mol. The van der Waals surface area contributed by atoms with Crippen LogP contribution in [-0.2, 0) is 0 Å². The Morgan fingerprint density at radius 3 is 1.20 bits per heavy atom. The summed E-state index contributed by atoms with van der Waals surface area (Å²) in [5, 5.41) is 9.22. The second-order valence-corrected chi connectivity index (χ2v) is 7.92. The fourth-order valence-electron chi connectivity index (χ4n) is 2.81. The second-order valence-electron chi connectivity index (χ2n) is 6.59. The highest BCUT2D eigenvalue weighted by Crippen LogP contribution is 2.13. The van der Waals surface area contributed by atoms with Crippen LogP contribution in [0, 0.1) is 0 Å². The van der Waals surface area contributed by atoms with Gasteiger partial charge in [0.15, 0.2) is 0 Å². The first-order valence-corrected chi connectivity index (χ1v) is 10.6. The Morgan fingerprint density at radius 1 is 0.600 bits per heavy atom. The number of aliphatic hydroxyl groups is 1. The van der Waals surface area contributed by atoms with Crippen molar-refractivity contribution in [2.75, 3.05) is 0 Å². The molecule has 120 valence electrons. The van der Waals surface area contributed by atoms with Crippen molar-refractivity contribution in [2.24, 2.45) is 0 Å². The molecule has 0 saturated heterocycles. The average molecular weight is 298 g/mol. The van der Waals surface area contributed by atoms with Crippen LogP contribution in [0.2, 0.25) is 0 Å². The number of rotatable bonds is 16. The number of hydrogen-bond acceptors (Lipinski definition) is 1. The van der Waals surface area contributed by atoms with E-state index in [1.54, 1.807) is 0 Å². The van der Waals surface area contributed by atoms with Gasteiger partial charge >= 0.3 is 0 Å². The number of hydrogen-bond donors (Lipinski definition) is 1. The van der Waals surface area contributed by atoms with Gasteiger partial charge in [0, 0.05) is 0 Å². The van der Waals surface area contributed by atoms with E-state index in [0.717, 1.165) is 22.7 Å². The highest BCUT2D eigenvalue weighted by molar-refractivity contribution is 6.10. The van der Waals surface area contributed by atoms with Crippen molar-refractivity contribution in [3.63, 3.8) is 0 Å². The van der Waals surface area contributed by atoms with Crippen molar-refractivity contribution in [1.82, 2.24) is 0 Å². The predicted octanol–water partition coefficient (Wildman–Crippen LogP) is 5.20. The second kappa shape index (κ2) is 17.5. The lowest BCUT2D eigenvalue weighted by Gasteiger charge is -2.04. The van der Waals surface area contributed by atoms with Crippen molar-refractivity contribution >= 4 is 16.3 Å². The van der Waals surface area contributed by atoms with Crippen LogP contribution in [0.15, 0.2) is 0 Å². The Morgan fingerprint density at radius 2 is 0.900 bits per heavy atom. The molecule has 0 radical (unpaired) electrons. The molecule has 0 aliphatic carbocycles. The minimum Gasteiger partial charge on any atom is -0.409 e. The molecule has 0 bridgehead atoms. The van der Waals surface area contributed by atoms with Gasteiger partial charge in [-0.15, -0.1) is 0 Å². The third-order valence-corrected chi connectivity index (χ3v) is 4.80. The lowest BCUT2D eigenvalue weighted by atomic mass is 10.0. The minimum atomic E-state index is 0.0389. The van der Waals surface area contributed by atoms with E-state index in [1.807, 2.05) is 0 Å². The smallest absolute Gasteiger partial charge is 0.258 e. The first kappa shape index (κ1) is 20.5. The van der Waals surface area contributed by atoms with E-state index in [4.69, 9.17) is 0 Å². The van der Waals surface area contributed by atoms with Crippen molar-refractivity contribution in [1.29, 1.82) is 0 Å². The molecule has 0 amide bonds.